The van der Waals surface area contributed by atoms with Crippen LogP contribution < -0.4 is 11.1 Å². The van der Waals surface area contributed by atoms with Gasteiger partial charge in [0.25, 0.3) is 0 Å². The van der Waals surface area contributed by atoms with Crippen molar-refractivity contribution in [3.63, 3.8) is 0 Å². The SMILES string of the molecule is CC(C)[C@H](N)C(=O)NCC(=O)N1CCC(c2nccs2)CC1. The molecule has 1 aromatic heterocycles. The molecule has 22 heavy (non-hydrogen) atoms. The fraction of sp³-hybridized carbons (Fsp3) is 0.667. The van der Waals surface area contributed by atoms with Crippen LogP contribution in [0.25, 0.3) is 0 Å². The predicted octanol–water partition coefficient (Wildman–Crippen LogP) is 0.949. The van der Waals surface area contributed by atoms with E-state index in [-0.39, 0.29) is 24.3 Å². The van der Waals surface area contributed by atoms with E-state index < -0.39 is 6.04 Å². The standard InChI is InChI=1S/C15H24N4O2S/c1-10(2)13(16)14(21)18-9-12(20)19-6-3-11(4-7-19)15-17-5-8-22-15/h5,8,10-11,13H,3-4,6-7,9,16H2,1-2H3,(H,18,21)/t13-/m0/s1. The number of piperidine rings is 1. The molecule has 1 saturated heterocycles. The molecule has 1 aromatic rings. The van der Waals surface area contributed by atoms with Gasteiger partial charge in [0, 0.05) is 30.6 Å². The minimum Gasteiger partial charge on any atom is -0.346 e. The zero-order chi connectivity index (χ0) is 16.1. The van der Waals surface area contributed by atoms with Crippen LogP contribution >= 0.6 is 11.3 Å². The van der Waals surface area contributed by atoms with Crippen LogP contribution in [-0.4, -0.2) is 47.4 Å². The van der Waals surface area contributed by atoms with Crippen molar-refractivity contribution in [3.05, 3.63) is 16.6 Å². The van der Waals surface area contributed by atoms with Crippen molar-refractivity contribution in [1.82, 2.24) is 15.2 Å². The maximum Gasteiger partial charge on any atom is 0.241 e. The molecular formula is C15H24N4O2S. The zero-order valence-corrected chi connectivity index (χ0v) is 13.9. The number of nitrogens with two attached hydrogens (primary N) is 1. The van der Waals surface area contributed by atoms with Crippen molar-refractivity contribution in [1.29, 1.82) is 0 Å². The summed E-state index contributed by atoms with van der Waals surface area (Å²) in [5.41, 5.74) is 5.75. The molecule has 2 heterocycles. The smallest absolute Gasteiger partial charge is 0.241 e. The Hall–Kier alpha value is -1.47. The molecule has 1 fully saturated rings. The first kappa shape index (κ1) is 16.9. The van der Waals surface area contributed by atoms with Gasteiger partial charge in [-0.15, -0.1) is 11.3 Å². The summed E-state index contributed by atoms with van der Waals surface area (Å²) in [5.74, 6) is 0.208. The summed E-state index contributed by atoms with van der Waals surface area (Å²) < 4.78 is 0. The molecule has 0 aliphatic carbocycles. The van der Waals surface area contributed by atoms with Gasteiger partial charge in [0.1, 0.15) is 0 Å². The van der Waals surface area contributed by atoms with E-state index in [0.29, 0.717) is 5.92 Å². The van der Waals surface area contributed by atoms with Crippen molar-refractivity contribution < 1.29 is 9.59 Å². The second-order valence-electron chi connectivity index (χ2n) is 6.01. The van der Waals surface area contributed by atoms with E-state index >= 15 is 0 Å². The summed E-state index contributed by atoms with van der Waals surface area (Å²) in [5, 5.41) is 5.78. The quantitative estimate of drug-likeness (QED) is 0.844. The summed E-state index contributed by atoms with van der Waals surface area (Å²) in [6.45, 7) is 5.23. The average molecular weight is 324 g/mol. The van der Waals surface area contributed by atoms with E-state index in [4.69, 9.17) is 5.73 Å². The Labute approximate surface area is 135 Å². The molecule has 0 unspecified atom stereocenters. The minimum atomic E-state index is -0.566. The number of carbonyl (C=O) groups excluding carboxylic acids is 2. The lowest BCUT2D eigenvalue weighted by molar-refractivity contribution is -0.134. The van der Waals surface area contributed by atoms with Crippen LogP contribution in [0.4, 0.5) is 0 Å². The molecule has 0 bridgehead atoms. The molecule has 2 rings (SSSR count). The van der Waals surface area contributed by atoms with Crippen LogP contribution in [-0.2, 0) is 9.59 Å². The van der Waals surface area contributed by atoms with E-state index in [0.717, 1.165) is 30.9 Å². The fourth-order valence-corrected chi connectivity index (χ4v) is 3.32. The topological polar surface area (TPSA) is 88.3 Å². The van der Waals surface area contributed by atoms with Crippen LogP contribution in [0, 0.1) is 5.92 Å². The molecule has 1 aliphatic rings. The van der Waals surface area contributed by atoms with E-state index in [1.54, 1.807) is 11.3 Å². The van der Waals surface area contributed by atoms with E-state index in [1.807, 2.05) is 30.3 Å². The predicted molar refractivity (Wildman–Crippen MR) is 86.5 cm³/mol. The highest BCUT2D eigenvalue weighted by atomic mass is 32.1. The minimum absolute atomic E-state index is 0.0289. The Morgan fingerprint density at radius 2 is 2.14 bits per heavy atom. The van der Waals surface area contributed by atoms with Crippen molar-refractivity contribution in [3.8, 4) is 0 Å². The summed E-state index contributed by atoms with van der Waals surface area (Å²) in [4.78, 5) is 30.1. The largest absolute Gasteiger partial charge is 0.346 e. The Kier molecular flexibility index (Phi) is 5.90. The van der Waals surface area contributed by atoms with Crippen LogP contribution in [0.15, 0.2) is 11.6 Å². The summed E-state index contributed by atoms with van der Waals surface area (Å²) in [6.07, 6.45) is 3.68. The van der Waals surface area contributed by atoms with Crippen molar-refractivity contribution >= 4 is 23.2 Å². The molecule has 2 amide bonds. The van der Waals surface area contributed by atoms with Gasteiger partial charge < -0.3 is 16.0 Å². The Balaban J connectivity index is 1.74. The molecule has 0 saturated carbocycles. The molecule has 0 spiro atoms. The van der Waals surface area contributed by atoms with Crippen molar-refractivity contribution in [2.45, 2.75) is 38.6 Å². The van der Waals surface area contributed by atoms with Crippen LogP contribution in [0.1, 0.15) is 37.6 Å². The highest BCUT2D eigenvalue weighted by molar-refractivity contribution is 7.09. The van der Waals surface area contributed by atoms with E-state index in [1.165, 1.54) is 0 Å². The van der Waals surface area contributed by atoms with E-state index in [2.05, 4.69) is 10.3 Å². The lowest BCUT2D eigenvalue weighted by Gasteiger charge is -2.31. The third-order valence-corrected chi connectivity index (χ3v) is 5.02. The van der Waals surface area contributed by atoms with Gasteiger partial charge in [-0.1, -0.05) is 13.8 Å². The number of nitrogens with zero attached hydrogens (tertiary/aromatic N) is 2. The number of aromatic nitrogens is 1. The molecule has 0 aromatic carbocycles. The summed E-state index contributed by atoms with van der Waals surface area (Å²) in [6, 6.07) is -0.566. The average Bonchev–Trinajstić information content (AvgIpc) is 3.06. The fourth-order valence-electron chi connectivity index (χ4n) is 2.51. The van der Waals surface area contributed by atoms with Gasteiger partial charge in [0.15, 0.2) is 0 Å². The molecule has 1 aliphatic heterocycles. The Morgan fingerprint density at radius 3 is 2.68 bits per heavy atom. The number of thiazole rings is 1. The van der Waals surface area contributed by atoms with Gasteiger partial charge in [-0.3, -0.25) is 9.59 Å². The third kappa shape index (κ3) is 4.27. The van der Waals surface area contributed by atoms with Crippen LogP contribution in [0.3, 0.4) is 0 Å². The molecule has 1 atom stereocenters. The molecular weight excluding hydrogens is 300 g/mol. The van der Waals surface area contributed by atoms with E-state index in [9.17, 15) is 9.59 Å². The number of nitrogens with one attached hydrogen (secondary N) is 1. The first-order valence-corrected chi connectivity index (χ1v) is 8.57. The van der Waals surface area contributed by atoms with Gasteiger partial charge in [-0.2, -0.15) is 0 Å². The van der Waals surface area contributed by atoms with Crippen LogP contribution in [0.2, 0.25) is 0 Å². The van der Waals surface area contributed by atoms with Crippen LogP contribution in [0.5, 0.6) is 0 Å². The first-order valence-electron chi connectivity index (χ1n) is 7.69. The lowest BCUT2D eigenvalue weighted by atomic mass is 9.97. The normalized spacial score (nSPS) is 17.5. The second kappa shape index (κ2) is 7.69. The maximum atomic E-state index is 12.1. The number of carbonyl (C=O) groups is 2. The number of hydrogen-bond acceptors (Lipinski definition) is 5. The van der Waals surface area contributed by atoms with Gasteiger partial charge >= 0.3 is 0 Å². The van der Waals surface area contributed by atoms with Crippen molar-refractivity contribution in [2.24, 2.45) is 11.7 Å². The van der Waals surface area contributed by atoms with Gasteiger partial charge in [0.2, 0.25) is 11.8 Å². The summed E-state index contributed by atoms with van der Waals surface area (Å²) in [7, 11) is 0. The van der Waals surface area contributed by atoms with Gasteiger partial charge in [0.05, 0.1) is 17.6 Å². The highest BCUT2D eigenvalue weighted by Crippen LogP contribution is 2.29. The monoisotopic (exact) mass is 324 g/mol. The zero-order valence-electron chi connectivity index (χ0n) is 13.1. The first-order chi connectivity index (χ1) is 10.5. The Morgan fingerprint density at radius 1 is 1.45 bits per heavy atom. The molecule has 0 radical (unpaired) electrons. The van der Waals surface area contributed by atoms with Gasteiger partial charge in [-0.05, 0) is 18.8 Å². The number of amides is 2. The summed E-state index contributed by atoms with van der Waals surface area (Å²) >= 11 is 1.67. The van der Waals surface area contributed by atoms with Crippen molar-refractivity contribution in [2.75, 3.05) is 19.6 Å². The number of likely N-dealkylation sites (tertiary alicyclic amines) is 1. The number of hydrogen-bond donors (Lipinski definition) is 2. The highest BCUT2D eigenvalue weighted by Gasteiger charge is 2.25. The maximum absolute atomic E-state index is 12.1. The molecule has 3 N–H and O–H groups in total. The third-order valence-electron chi connectivity index (χ3n) is 4.08. The van der Waals surface area contributed by atoms with Gasteiger partial charge in [-0.25, -0.2) is 4.98 Å². The number of rotatable bonds is 5. The second-order valence-corrected chi connectivity index (χ2v) is 6.94. The molecule has 6 nitrogen and oxygen atoms in total. The lowest BCUT2D eigenvalue weighted by Crippen LogP contribution is -2.49. The Bertz CT molecular complexity index is 496. The molecule has 7 heteroatoms. The molecule has 122 valence electrons.